The van der Waals surface area contributed by atoms with Crippen LogP contribution < -0.4 is 0 Å². The Morgan fingerprint density at radius 1 is 0.706 bits per heavy atom. The van der Waals surface area contributed by atoms with Crippen molar-refractivity contribution < 1.29 is 84.3 Å². The number of ether oxygens (including phenoxy) is 5. The first-order chi connectivity index (χ1) is 32.2. The fourth-order valence-corrected chi connectivity index (χ4v) is 8.30. The van der Waals surface area contributed by atoms with Crippen LogP contribution in [0.15, 0.2) is 90.2 Å². The van der Waals surface area contributed by atoms with E-state index >= 15 is 0 Å². The molecule has 0 radical (unpaired) electrons. The third-order valence-electron chi connectivity index (χ3n) is 12.5. The molecule has 68 heavy (non-hydrogen) atoms. The van der Waals surface area contributed by atoms with Crippen molar-refractivity contribution in [3.63, 3.8) is 0 Å². The van der Waals surface area contributed by atoms with E-state index in [2.05, 4.69) is 10.0 Å². The summed E-state index contributed by atoms with van der Waals surface area (Å²) in [6.07, 6.45) is 3.79. The van der Waals surface area contributed by atoms with E-state index in [9.17, 15) is 60.7 Å². The van der Waals surface area contributed by atoms with Gasteiger partial charge in [0.05, 0.1) is 79.6 Å². The Bertz CT molecular complexity index is 1820. The number of allylic oxidation sites excluding steroid dienone is 12. The van der Waals surface area contributed by atoms with Crippen LogP contribution in [0.3, 0.4) is 0 Å². The van der Waals surface area contributed by atoms with Crippen LogP contribution in [0, 0.1) is 17.8 Å². The highest BCUT2D eigenvalue weighted by atomic mass is 16.7. The van der Waals surface area contributed by atoms with Crippen molar-refractivity contribution in [2.45, 2.75) is 177 Å². The molecule has 0 aliphatic carbocycles. The predicted molar refractivity (Wildman–Crippen MR) is 247 cm³/mol. The van der Waals surface area contributed by atoms with Gasteiger partial charge in [-0.3, -0.25) is 9.59 Å². The average molecular weight is 964 g/mol. The molecule has 3 aliphatic heterocycles. The topological polar surface area (TPSA) is 331 Å². The van der Waals surface area contributed by atoms with Crippen molar-refractivity contribution >= 4 is 11.9 Å². The number of carbonyl (C=O) groups excluding carboxylic acids is 1. The molecule has 20 heteroatoms. The van der Waals surface area contributed by atoms with Crippen molar-refractivity contribution in [3.05, 3.63) is 95.5 Å². The maximum Gasteiger partial charge on any atom is 0.311 e. The van der Waals surface area contributed by atoms with Gasteiger partial charge in [0.2, 0.25) is 0 Å². The quantitative estimate of drug-likeness (QED) is 0.0819. The van der Waals surface area contributed by atoms with Gasteiger partial charge in [0.15, 0.2) is 12.1 Å². The number of aliphatic carboxylic acids is 1. The standard InChI is InChI=1S/C48H73N3O17/c1-28-18-16-14-12-10-8-6-7-9-11-13-15-17-19-35(67-47-45(61)42(50-51-49)44(60)31(4)66-47)25-39-41(46(62)63)38(57)27-48(64-5,68-39)26-34(54)23-37(56)36(55)21-20-32(52)22-33(53)24-40(58)65-30(3)29(2)43(28)59/h6-19,28-39,41-45,47,52-57,59-61H,20-27H2,1-5H3,(H,62,63)/b7-6+,10-8+,11-9+,14-12+,15-13+,18-16+,19-17+/t28-,29-,30-,31+,32+,33+,34-,35-,36+,37+,38-,39?,41+,42-,43+,44+,45+,47-,48+/m0/s1. The number of cyclic esters (lactones) is 1. The van der Waals surface area contributed by atoms with Crippen LogP contribution in [0.1, 0.15) is 79.1 Å². The van der Waals surface area contributed by atoms with Crippen molar-refractivity contribution in [1.29, 1.82) is 0 Å². The zero-order chi connectivity index (χ0) is 50.6. The zero-order valence-corrected chi connectivity index (χ0v) is 39.3. The first-order valence-electron chi connectivity index (χ1n) is 23.0. The number of aliphatic hydroxyl groups is 9. The average Bonchev–Trinajstić information content (AvgIpc) is 3.27. The van der Waals surface area contributed by atoms with Gasteiger partial charge in [-0.25, -0.2) is 0 Å². The minimum atomic E-state index is -1.82. The number of hydrogen-bond donors (Lipinski definition) is 10. The van der Waals surface area contributed by atoms with Gasteiger partial charge in [-0.1, -0.05) is 104 Å². The van der Waals surface area contributed by atoms with Gasteiger partial charge in [-0.15, -0.1) is 0 Å². The van der Waals surface area contributed by atoms with Crippen molar-refractivity contribution in [2.24, 2.45) is 22.9 Å². The number of fused-ring (bicyclic) bond motifs is 2. The van der Waals surface area contributed by atoms with Gasteiger partial charge in [0.1, 0.15) is 18.1 Å². The molecule has 2 fully saturated rings. The zero-order valence-electron chi connectivity index (χ0n) is 39.3. The molecule has 1 unspecified atom stereocenters. The van der Waals surface area contributed by atoms with Gasteiger partial charge >= 0.3 is 11.9 Å². The number of carbonyl (C=O) groups is 2. The molecule has 0 aromatic heterocycles. The lowest BCUT2D eigenvalue weighted by Crippen LogP contribution is -2.58. The van der Waals surface area contributed by atoms with Gasteiger partial charge < -0.3 is 74.7 Å². The van der Waals surface area contributed by atoms with E-state index in [-0.39, 0.29) is 31.6 Å². The van der Waals surface area contributed by atoms with Crippen molar-refractivity contribution in [2.75, 3.05) is 7.11 Å². The number of carboxylic acids is 1. The molecule has 10 N–H and O–H groups in total. The maximum atomic E-state index is 12.7. The van der Waals surface area contributed by atoms with E-state index < -0.39 is 147 Å². The number of methoxy groups -OCH3 is 1. The normalized spacial score (nSPS) is 43.8. The largest absolute Gasteiger partial charge is 0.481 e. The monoisotopic (exact) mass is 963 g/mol. The number of hydrogen-bond acceptors (Lipinski definition) is 17. The van der Waals surface area contributed by atoms with E-state index in [0.717, 1.165) is 0 Å². The van der Waals surface area contributed by atoms with Crippen LogP contribution in [-0.4, -0.2) is 168 Å². The highest BCUT2D eigenvalue weighted by molar-refractivity contribution is 5.71. The van der Waals surface area contributed by atoms with Gasteiger partial charge in [-0.05, 0) is 38.6 Å². The second-order valence-electron chi connectivity index (χ2n) is 17.9. The second kappa shape index (κ2) is 29.2. The van der Waals surface area contributed by atoms with Gasteiger partial charge in [0.25, 0.3) is 0 Å². The third-order valence-corrected chi connectivity index (χ3v) is 12.5. The Balaban J connectivity index is 1.92. The summed E-state index contributed by atoms with van der Waals surface area (Å²) < 4.78 is 29.3. The summed E-state index contributed by atoms with van der Waals surface area (Å²) in [5.41, 5.74) is 9.10. The number of rotatable bonds is 5. The Kier molecular flexibility index (Phi) is 25.0. The molecule has 2 bridgehead atoms. The van der Waals surface area contributed by atoms with E-state index in [1.807, 2.05) is 13.0 Å². The molecule has 0 aromatic rings. The number of aliphatic hydroxyl groups excluding tert-OH is 9. The number of azide groups is 1. The molecule has 3 heterocycles. The van der Waals surface area contributed by atoms with E-state index in [1.54, 1.807) is 86.8 Å². The number of carboxylic acid groups (broad SMARTS) is 1. The fourth-order valence-electron chi connectivity index (χ4n) is 8.30. The van der Waals surface area contributed by atoms with Crippen molar-refractivity contribution in [3.8, 4) is 0 Å². The van der Waals surface area contributed by atoms with Crippen LogP contribution in [0.4, 0.5) is 0 Å². The molecule has 2 saturated heterocycles. The lowest BCUT2D eigenvalue weighted by Gasteiger charge is -2.47. The Labute approximate surface area is 397 Å². The van der Waals surface area contributed by atoms with Crippen molar-refractivity contribution in [1.82, 2.24) is 0 Å². The summed E-state index contributed by atoms with van der Waals surface area (Å²) in [6, 6.07) is -1.36. The van der Waals surface area contributed by atoms with Crippen LogP contribution in [0.5, 0.6) is 0 Å². The van der Waals surface area contributed by atoms with E-state index in [0.29, 0.717) is 0 Å². The molecule has 3 aliphatic rings. The van der Waals surface area contributed by atoms with Crippen LogP contribution >= 0.6 is 0 Å². The maximum absolute atomic E-state index is 12.7. The molecule has 0 amide bonds. The first-order valence-corrected chi connectivity index (χ1v) is 23.0. The lowest BCUT2D eigenvalue weighted by atomic mass is 9.82. The van der Waals surface area contributed by atoms with Gasteiger partial charge in [0, 0.05) is 49.5 Å². The Hall–Kier alpha value is -4.09. The summed E-state index contributed by atoms with van der Waals surface area (Å²) in [5, 5.41) is 112. The predicted octanol–water partition coefficient (Wildman–Crippen LogP) is 2.72. The molecule has 19 atom stereocenters. The van der Waals surface area contributed by atoms with E-state index in [4.69, 9.17) is 29.2 Å². The summed E-state index contributed by atoms with van der Waals surface area (Å²) in [6.45, 7) is 6.70. The summed E-state index contributed by atoms with van der Waals surface area (Å²) >= 11 is 0. The third kappa shape index (κ3) is 18.7. The number of esters is 1. The molecule has 0 aromatic carbocycles. The summed E-state index contributed by atoms with van der Waals surface area (Å²) in [4.78, 5) is 28.0. The first kappa shape index (κ1) is 58.2. The Morgan fingerprint density at radius 2 is 1.29 bits per heavy atom. The van der Waals surface area contributed by atoms with Gasteiger partial charge in [-0.2, -0.15) is 0 Å². The second-order valence-corrected chi connectivity index (χ2v) is 17.9. The SMILES string of the molecule is CO[C@]12C[C@@H](O)C[C@@H](O)[C@H](O)CC[C@@H](O)C[C@@H](O)CC(=O)O[C@@H](C)[C@H](C)[C@H](O)[C@@H](C)/C=C/C=C/C=C/C=C/C=C/C=C/C=C/[C@H](O[C@@H]3O[C@H](C)[C@@H](O)[C@H](N=[N+]=[N-])[C@H]3O)CC(O1)[C@H](C(=O)O)[C@@H](O)C2. The molecule has 382 valence electrons. The molecule has 0 spiro atoms. The van der Waals surface area contributed by atoms with Crippen LogP contribution in [-0.2, 0) is 33.3 Å². The molecular weight excluding hydrogens is 891 g/mol. The number of nitrogens with zero attached hydrogens (tertiary/aromatic N) is 3. The molecular formula is C48H73N3O17. The highest BCUT2D eigenvalue weighted by Gasteiger charge is 2.52. The highest BCUT2D eigenvalue weighted by Crippen LogP contribution is 2.40. The summed E-state index contributed by atoms with van der Waals surface area (Å²) in [7, 11) is 1.23. The smallest absolute Gasteiger partial charge is 0.311 e. The lowest BCUT2D eigenvalue weighted by molar-refractivity contribution is -0.317. The molecule has 0 saturated carbocycles. The van der Waals surface area contributed by atoms with Crippen LogP contribution in [0.25, 0.3) is 10.4 Å². The Morgan fingerprint density at radius 3 is 1.87 bits per heavy atom. The molecule has 20 nitrogen and oxygen atoms in total. The minimum Gasteiger partial charge on any atom is -0.481 e. The van der Waals surface area contributed by atoms with Crippen LogP contribution in [0.2, 0.25) is 0 Å². The van der Waals surface area contributed by atoms with E-state index in [1.165, 1.54) is 20.1 Å². The fraction of sp³-hybridized carbons (Fsp3) is 0.667. The minimum absolute atomic E-state index is 0.0949. The molecule has 3 rings (SSSR count). The summed E-state index contributed by atoms with van der Waals surface area (Å²) in [5.74, 6) is -6.26.